The lowest BCUT2D eigenvalue weighted by atomic mass is 10.0. The summed E-state index contributed by atoms with van der Waals surface area (Å²) in [6, 6.07) is 5.31. The van der Waals surface area contributed by atoms with Gasteiger partial charge in [-0.15, -0.1) is 0 Å². The van der Waals surface area contributed by atoms with Gasteiger partial charge in [-0.05, 0) is 11.6 Å². The molecular weight excluding hydrogens is 289 g/mol. The van der Waals surface area contributed by atoms with E-state index in [1.165, 1.54) is 11.5 Å². The molecule has 0 saturated carbocycles. The molecule has 112 valence electrons. The van der Waals surface area contributed by atoms with E-state index in [2.05, 4.69) is 4.98 Å². The number of halogens is 3. The fraction of sp³-hybridized carbons (Fsp3) is 0.231. The van der Waals surface area contributed by atoms with Crippen LogP contribution in [0.2, 0.25) is 0 Å². The molecule has 0 aliphatic rings. The van der Waals surface area contributed by atoms with Crippen LogP contribution in [0.1, 0.15) is 5.56 Å². The Kier molecular flexibility index (Phi) is 3.88. The van der Waals surface area contributed by atoms with E-state index in [0.717, 1.165) is 5.52 Å². The summed E-state index contributed by atoms with van der Waals surface area (Å²) in [5, 5.41) is 11.1. The highest BCUT2D eigenvalue weighted by Gasteiger charge is 2.40. The van der Waals surface area contributed by atoms with Crippen LogP contribution in [-0.2, 0) is 16.0 Å². The number of carbonyl (C=O) groups excluding carboxylic acids is 1. The molecule has 21 heavy (non-hydrogen) atoms. The Bertz CT molecular complexity index is 679. The van der Waals surface area contributed by atoms with Crippen LogP contribution in [-0.4, -0.2) is 34.2 Å². The number of para-hydroxylation sites is 1. The maximum Gasteiger partial charge on any atom is 0.471 e. The van der Waals surface area contributed by atoms with Gasteiger partial charge in [-0.1, -0.05) is 18.2 Å². The topological polar surface area (TPSA) is 82.2 Å². The Morgan fingerprint density at radius 1 is 1.29 bits per heavy atom. The number of carboxylic acids is 1. The average Bonchev–Trinajstić information content (AvgIpc) is 2.80. The summed E-state index contributed by atoms with van der Waals surface area (Å²) in [5.41, 5.74) is 1.25. The van der Waals surface area contributed by atoms with Crippen LogP contribution in [0.5, 0.6) is 0 Å². The van der Waals surface area contributed by atoms with Gasteiger partial charge in [0, 0.05) is 23.5 Å². The molecule has 0 unspecified atom stereocenters. The molecule has 0 spiro atoms. The van der Waals surface area contributed by atoms with Gasteiger partial charge in [0.05, 0.1) is 0 Å². The number of alkyl halides is 3. The van der Waals surface area contributed by atoms with Crippen LogP contribution in [0.4, 0.5) is 13.2 Å². The number of aliphatic carboxylic acids is 1. The lowest BCUT2D eigenvalue weighted by Gasteiger charge is -2.15. The van der Waals surface area contributed by atoms with E-state index in [-0.39, 0.29) is 6.42 Å². The molecule has 1 heterocycles. The van der Waals surface area contributed by atoms with Crippen molar-refractivity contribution in [1.29, 1.82) is 0 Å². The van der Waals surface area contributed by atoms with E-state index in [1.807, 2.05) is 0 Å². The number of amides is 1. The van der Waals surface area contributed by atoms with Gasteiger partial charge in [-0.3, -0.25) is 4.79 Å². The van der Waals surface area contributed by atoms with Gasteiger partial charge in [0.1, 0.15) is 6.04 Å². The van der Waals surface area contributed by atoms with Crippen molar-refractivity contribution in [3.63, 3.8) is 0 Å². The zero-order valence-electron chi connectivity index (χ0n) is 10.6. The van der Waals surface area contributed by atoms with Gasteiger partial charge in [0.15, 0.2) is 0 Å². The van der Waals surface area contributed by atoms with Crippen LogP contribution in [0.25, 0.3) is 10.9 Å². The average molecular weight is 300 g/mol. The minimum atomic E-state index is -5.12. The van der Waals surface area contributed by atoms with Crippen LogP contribution in [0.3, 0.4) is 0 Å². The first-order valence-corrected chi connectivity index (χ1v) is 5.94. The van der Waals surface area contributed by atoms with E-state index in [4.69, 9.17) is 5.11 Å². The van der Waals surface area contributed by atoms with E-state index >= 15 is 0 Å². The Labute approximate surface area is 116 Å². The van der Waals surface area contributed by atoms with Crippen LogP contribution in [0.15, 0.2) is 30.5 Å². The number of carbonyl (C=O) groups is 2. The van der Waals surface area contributed by atoms with Gasteiger partial charge < -0.3 is 15.4 Å². The van der Waals surface area contributed by atoms with Gasteiger partial charge in [0.2, 0.25) is 0 Å². The molecular formula is C13H11F3N2O3. The zero-order valence-corrected chi connectivity index (χ0v) is 10.6. The molecule has 0 radical (unpaired) electrons. The summed E-state index contributed by atoms with van der Waals surface area (Å²) < 4.78 is 36.6. The van der Waals surface area contributed by atoms with Crippen LogP contribution >= 0.6 is 0 Å². The van der Waals surface area contributed by atoms with Crippen molar-refractivity contribution in [3.05, 3.63) is 36.0 Å². The Hall–Kier alpha value is -2.51. The highest BCUT2D eigenvalue weighted by Crippen LogP contribution is 2.20. The van der Waals surface area contributed by atoms with Crippen molar-refractivity contribution in [2.75, 3.05) is 0 Å². The first-order chi connectivity index (χ1) is 9.79. The number of hydrogen-bond acceptors (Lipinski definition) is 2. The molecule has 0 bridgehead atoms. The molecule has 3 N–H and O–H groups in total. The summed E-state index contributed by atoms with van der Waals surface area (Å²) in [6.07, 6.45) is -3.85. The van der Waals surface area contributed by atoms with E-state index in [9.17, 15) is 22.8 Å². The van der Waals surface area contributed by atoms with Gasteiger partial charge in [-0.2, -0.15) is 13.2 Å². The number of H-pyrrole nitrogens is 1. The van der Waals surface area contributed by atoms with E-state index < -0.39 is 24.1 Å². The molecule has 8 heteroatoms. The molecule has 1 aromatic heterocycles. The second-order valence-electron chi connectivity index (χ2n) is 4.43. The minimum Gasteiger partial charge on any atom is -0.480 e. The number of hydrogen-bond donors (Lipinski definition) is 3. The molecule has 2 rings (SSSR count). The molecule has 1 amide bonds. The van der Waals surface area contributed by atoms with E-state index in [1.54, 1.807) is 24.3 Å². The maximum atomic E-state index is 12.2. The third-order valence-corrected chi connectivity index (χ3v) is 2.96. The third kappa shape index (κ3) is 3.33. The fourth-order valence-corrected chi connectivity index (χ4v) is 1.96. The first kappa shape index (κ1) is 14.9. The summed E-state index contributed by atoms with van der Waals surface area (Å²) in [7, 11) is 0. The lowest BCUT2D eigenvalue weighted by molar-refractivity contribution is -0.175. The second-order valence-corrected chi connectivity index (χ2v) is 4.43. The predicted octanol–water partition coefficient (Wildman–Crippen LogP) is 1.84. The summed E-state index contributed by atoms with van der Waals surface area (Å²) in [5.74, 6) is -3.80. The lowest BCUT2D eigenvalue weighted by Crippen LogP contribution is -2.47. The normalized spacial score (nSPS) is 13.1. The predicted molar refractivity (Wildman–Crippen MR) is 67.6 cm³/mol. The smallest absolute Gasteiger partial charge is 0.471 e. The number of rotatable bonds is 4. The van der Waals surface area contributed by atoms with Gasteiger partial charge >= 0.3 is 18.1 Å². The Morgan fingerprint density at radius 2 is 1.95 bits per heavy atom. The molecule has 5 nitrogen and oxygen atoms in total. The molecule has 1 atom stereocenters. The minimum absolute atomic E-state index is 0.249. The molecule has 0 aliphatic carbocycles. The Balaban J connectivity index is 2.21. The van der Waals surface area contributed by atoms with Crippen molar-refractivity contribution >= 4 is 22.8 Å². The van der Waals surface area contributed by atoms with Gasteiger partial charge in [-0.25, -0.2) is 4.79 Å². The molecule has 0 aliphatic heterocycles. The van der Waals surface area contributed by atoms with Gasteiger partial charge in [0.25, 0.3) is 0 Å². The summed E-state index contributed by atoms with van der Waals surface area (Å²) >= 11 is 0. The molecule has 0 saturated heterocycles. The number of nitrogens with one attached hydrogen (secondary N) is 2. The zero-order chi connectivity index (χ0) is 15.6. The fourth-order valence-electron chi connectivity index (χ4n) is 1.96. The number of aromatic amines is 1. The SMILES string of the molecule is O=C(O)[C@@H](Cc1c[nH]c2ccccc12)NC(=O)C(F)(F)F. The number of fused-ring (bicyclic) bond motifs is 1. The second kappa shape index (κ2) is 5.47. The summed E-state index contributed by atoms with van der Waals surface area (Å²) in [6.45, 7) is 0. The Morgan fingerprint density at radius 3 is 2.57 bits per heavy atom. The van der Waals surface area contributed by atoms with Crippen molar-refractivity contribution in [2.45, 2.75) is 18.6 Å². The molecule has 2 aromatic rings. The van der Waals surface area contributed by atoms with Crippen molar-refractivity contribution in [2.24, 2.45) is 0 Å². The standard InChI is InChI=1S/C13H11F3N2O3/c14-13(15,16)12(21)18-10(11(19)20)5-7-6-17-9-4-2-1-3-8(7)9/h1-4,6,10,17H,5H2,(H,18,21)(H,19,20)/t10-/m1/s1. The first-order valence-electron chi connectivity index (χ1n) is 5.94. The number of benzene rings is 1. The molecule has 0 fully saturated rings. The number of carboxylic acid groups (broad SMARTS) is 1. The van der Waals surface area contributed by atoms with Crippen LogP contribution < -0.4 is 5.32 Å². The van der Waals surface area contributed by atoms with Crippen molar-refractivity contribution in [3.8, 4) is 0 Å². The van der Waals surface area contributed by atoms with Crippen molar-refractivity contribution < 1.29 is 27.9 Å². The summed E-state index contributed by atoms with van der Waals surface area (Å²) in [4.78, 5) is 24.8. The number of aromatic nitrogens is 1. The molecule has 1 aromatic carbocycles. The highest BCUT2D eigenvalue weighted by molar-refractivity contribution is 5.88. The maximum absolute atomic E-state index is 12.2. The monoisotopic (exact) mass is 300 g/mol. The third-order valence-electron chi connectivity index (χ3n) is 2.96. The quantitative estimate of drug-likeness (QED) is 0.806. The van der Waals surface area contributed by atoms with Crippen molar-refractivity contribution in [1.82, 2.24) is 10.3 Å². The largest absolute Gasteiger partial charge is 0.480 e. The van der Waals surface area contributed by atoms with E-state index in [0.29, 0.717) is 10.9 Å². The van der Waals surface area contributed by atoms with Crippen LogP contribution in [0, 0.1) is 0 Å². The highest BCUT2D eigenvalue weighted by atomic mass is 19.4.